The molecular formula is C11H8ClFN2O. The fraction of sp³-hybridized carbons (Fsp3) is 0. The summed E-state index contributed by atoms with van der Waals surface area (Å²) in [6, 6.07) is 7.56. The van der Waals surface area contributed by atoms with Crippen LogP contribution in [0.3, 0.4) is 0 Å². The van der Waals surface area contributed by atoms with Gasteiger partial charge in [-0.1, -0.05) is 23.7 Å². The molecule has 0 amide bonds. The lowest BCUT2D eigenvalue weighted by atomic mass is 10.3. The molecule has 0 spiro atoms. The Morgan fingerprint density at radius 1 is 1.19 bits per heavy atom. The molecule has 16 heavy (non-hydrogen) atoms. The number of para-hydroxylation sites is 1. The summed E-state index contributed by atoms with van der Waals surface area (Å²) in [6.07, 6.45) is 1.44. The second-order valence-electron chi connectivity index (χ2n) is 3.04. The molecule has 0 atom stereocenters. The quantitative estimate of drug-likeness (QED) is 0.874. The van der Waals surface area contributed by atoms with Crippen molar-refractivity contribution in [1.29, 1.82) is 0 Å². The van der Waals surface area contributed by atoms with Crippen molar-refractivity contribution >= 4 is 17.4 Å². The summed E-state index contributed by atoms with van der Waals surface area (Å²) in [4.78, 5) is 3.78. The van der Waals surface area contributed by atoms with E-state index in [0.29, 0.717) is 0 Å². The van der Waals surface area contributed by atoms with Gasteiger partial charge in [0.15, 0.2) is 17.3 Å². The van der Waals surface area contributed by atoms with E-state index in [0.717, 1.165) is 0 Å². The number of aromatic nitrogens is 1. The zero-order valence-corrected chi connectivity index (χ0v) is 8.91. The van der Waals surface area contributed by atoms with Crippen molar-refractivity contribution in [1.82, 2.24) is 4.98 Å². The zero-order chi connectivity index (χ0) is 11.5. The second-order valence-corrected chi connectivity index (χ2v) is 3.42. The van der Waals surface area contributed by atoms with E-state index in [1.807, 2.05) is 0 Å². The number of halogens is 2. The lowest BCUT2D eigenvalue weighted by Crippen LogP contribution is -1.94. The predicted molar refractivity (Wildman–Crippen MR) is 60.1 cm³/mol. The number of nitrogens with two attached hydrogens (primary N) is 1. The van der Waals surface area contributed by atoms with Crippen molar-refractivity contribution in [2.45, 2.75) is 0 Å². The first-order valence-electron chi connectivity index (χ1n) is 4.51. The normalized spacial score (nSPS) is 10.1. The van der Waals surface area contributed by atoms with E-state index in [1.165, 1.54) is 24.4 Å². The van der Waals surface area contributed by atoms with E-state index in [1.54, 1.807) is 12.1 Å². The number of benzene rings is 1. The fourth-order valence-corrected chi connectivity index (χ4v) is 1.32. The lowest BCUT2D eigenvalue weighted by molar-refractivity contribution is 0.442. The van der Waals surface area contributed by atoms with Crippen molar-refractivity contribution < 1.29 is 9.13 Å². The molecule has 2 N–H and O–H groups in total. The Balaban J connectivity index is 2.35. The SMILES string of the molecule is Nc1nccc(Oc2ccccc2F)c1Cl. The van der Waals surface area contributed by atoms with Gasteiger partial charge in [-0.3, -0.25) is 0 Å². The average molecular weight is 239 g/mol. The Morgan fingerprint density at radius 2 is 1.94 bits per heavy atom. The molecule has 0 aliphatic rings. The summed E-state index contributed by atoms with van der Waals surface area (Å²) in [5, 5.41) is 0.172. The van der Waals surface area contributed by atoms with E-state index in [-0.39, 0.29) is 22.3 Å². The number of rotatable bonds is 2. The minimum absolute atomic E-state index is 0.0926. The topological polar surface area (TPSA) is 48.1 Å². The predicted octanol–water partition coefficient (Wildman–Crippen LogP) is 3.25. The van der Waals surface area contributed by atoms with Gasteiger partial charge in [0.25, 0.3) is 0 Å². The van der Waals surface area contributed by atoms with Crippen LogP contribution in [0, 0.1) is 5.82 Å². The first kappa shape index (κ1) is 10.7. The third kappa shape index (κ3) is 2.06. The molecule has 0 fully saturated rings. The minimum Gasteiger partial charge on any atom is -0.453 e. The van der Waals surface area contributed by atoms with Gasteiger partial charge in [-0.2, -0.15) is 0 Å². The number of ether oxygens (including phenoxy) is 1. The van der Waals surface area contributed by atoms with Gasteiger partial charge in [-0.15, -0.1) is 0 Å². The summed E-state index contributed by atoms with van der Waals surface area (Å²) in [7, 11) is 0. The third-order valence-electron chi connectivity index (χ3n) is 1.94. The molecule has 0 bridgehead atoms. The molecule has 82 valence electrons. The van der Waals surface area contributed by atoms with Gasteiger partial charge in [0.1, 0.15) is 10.8 Å². The largest absolute Gasteiger partial charge is 0.453 e. The number of pyridine rings is 1. The highest BCUT2D eigenvalue weighted by Crippen LogP contribution is 2.32. The molecule has 0 radical (unpaired) electrons. The Bertz CT molecular complexity index is 519. The Kier molecular flexibility index (Phi) is 2.92. The Hall–Kier alpha value is -1.81. The molecular weight excluding hydrogens is 231 g/mol. The van der Waals surface area contributed by atoms with Crippen LogP contribution in [0.25, 0.3) is 0 Å². The average Bonchev–Trinajstić information content (AvgIpc) is 2.28. The molecule has 0 aliphatic heterocycles. The van der Waals surface area contributed by atoms with Crippen molar-refractivity contribution in [2.75, 3.05) is 5.73 Å². The van der Waals surface area contributed by atoms with E-state index >= 15 is 0 Å². The first-order valence-corrected chi connectivity index (χ1v) is 4.88. The van der Waals surface area contributed by atoms with E-state index < -0.39 is 5.82 Å². The van der Waals surface area contributed by atoms with Gasteiger partial charge in [-0.25, -0.2) is 9.37 Å². The second kappa shape index (κ2) is 4.37. The van der Waals surface area contributed by atoms with Crippen LogP contribution in [0.1, 0.15) is 0 Å². The number of hydrogen-bond acceptors (Lipinski definition) is 3. The van der Waals surface area contributed by atoms with E-state index in [9.17, 15) is 4.39 Å². The monoisotopic (exact) mass is 238 g/mol. The van der Waals surface area contributed by atoms with Crippen molar-refractivity contribution in [2.24, 2.45) is 0 Å². The molecule has 2 rings (SSSR count). The molecule has 0 unspecified atom stereocenters. The summed E-state index contributed by atoms with van der Waals surface area (Å²) in [6.45, 7) is 0. The highest BCUT2D eigenvalue weighted by Gasteiger charge is 2.09. The summed E-state index contributed by atoms with van der Waals surface area (Å²) >= 11 is 5.86. The van der Waals surface area contributed by atoms with Crippen LogP contribution in [0.4, 0.5) is 10.2 Å². The molecule has 5 heteroatoms. The van der Waals surface area contributed by atoms with Crippen molar-refractivity contribution in [3.8, 4) is 11.5 Å². The molecule has 0 saturated carbocycles. The molecule has 1 aromatic carbocycles. The summed E-state index contributed by atoms with van der Waals surface area (Å²) in [5.74, 6) is 0.0544. The molecule has 0 aliphatic carbocycles. The number of anilines is 1. The van der Waals surface area contributed by atoms with Gasteiger partial charge >= 0.3 is 0 Å². The zero-order valence-electron chi connectivity index (χ0n) is 8.15. The van der Waals surface area contributed by atoms with Gasteiger partial charge in [0, 0.05) is 12.3 Å². The fourth-order valence-electron chi connectivity index (χ4n) is 1.17. The van der Waals surface area contributed by atoms with E-state index in [4.69, 9.17) is 22.1 Å². The number of nitrogens with zero attached hydrogens (tertiary/aromatic N) is 1. The molecule has 3 nitrogen and oxygen atoms in total. The third-order valence-corrected chi connectivity index (χ3v) is 2.32. The van der Waals surface area contributed by atoms with Gasteiger partial charge < -0.3 is 10.5 Å². The molecule has 0 saturated heterocycles. The minimum atomic E-state index is -0.464. The molecule has 1 aromatic heterocycles. The van der Waals surface area contributed by atoms with Crippen LogP contribution in [0.2, 0.25) is 5.02 Å². The van der Waals surface area contributed by atoms with Crippen LogP contribution < -0.4 is 10.5 Å². The van der Waals surface area contributed by atoms with Crippen molar-refractivity contribution in [3.63, 3.8) is 0 Å². The standard InChI is InChI=1S/C11H8ClFN2O/c12-10-9(5-6-15-11(10)14)16-8-4-2-1-3-7(8)13/h1-6H,(H2,14,15). The molecule has 1 heterocycles. The lowest BCUT2D eigenvalue weighted by Gasteiger charge is -2.08. The maximum Gasteiger partial charge on any atom is 0.165 e. The highest BCUT2D eigenvalue weighted by atomic mass is 35.5. The molecule has 2 aromatic rings. The maximum absolute atomic E-state index is 13.3. The van der Waals surface area contributed by atoms with Gasteiger partial charge in [0.2, 0.25) is 0 Å². The van der Waals surface area contributed by atoms with Crippen LogP contribution >= 0.6 is 11.6 Å². The highest BCUT2D eigenvalue weighted by molar-refractivity contribution is 6.34. The first-order chi connectivity index (χ1) is 7.68. The van der Waals surface area contributed by atoms with Crippen LogP contribution in [-0.2, 0) is 0 Å². The smallest absolute Gasteiger partial charge is 0.165 e. The van der Waals surface area contributed by atoms with Crippen LogP contribution in [-0.4, -0.2) is 4.98 Å². The number of nitrogen functional groups attached to an aromatic ring is 1. The number of hydrogen-bond donors (Lipinski definition) is 1. The Labute approximate surface area is 96.6 Å². The summed E-state index contributed by atoms with van der Waals surface area (Å²) < 4.78 is 18.6. The van der Waals surface area contributed by atoms with Crippen molar-refractivity contribution in [3.05, 3.63) is 47.4 Å². The Morgan fingerprint density at radius 3 is 2.69 bits per heavy atom. The van der Waals surface area contributed by atoms with Crippen LogP contribution in [0.15, 0.2) is 36.5 Å². The van der Waals surface area contributed by atoms with Gasteiger partial charge in [-0.05, 0) is 12.1 Å². The van der Waals surface area contributed by atoms with Crippen LogP contribution in [0.5, 0.6) is 11.5 Å². The van der Waals surface area contributed by atoms with E-state index in [2.05, 4.69) is 4.98 Å². The summed E-state index contributed by atoms with van der Waals surface area (Å²) in [5.41, 5.74) is 5.50. The maximum atomic E-state index is 13.3. The van der Waals surface area contributed by atoms with Gasteiger partial charge in [0.05, 0.1) is 0 Å².